The molecule has 0 bridgehead atoms. The highest BCUT2D eigenvalue weighted by Crippen LogP contribution is 2.29. The average Bonchev–Trinajstić information content (AvgIpc) is 2.74. The van der Waals surface area contributed by atoms with Crippen LogP contribution in [0.3, 0.4) is 0 Å². The molecular formula is C10H16N2S. The van der Waals surface area contributed by atoms with E-state index in [4.69, 9.17) is 0 Å². The Morgan fingerprint density at radius 2 is 2.31 bits per heavy atom. The Labute approximate surface area is 83.4 Å². The van der Waals surface area contributed by atoms with Crippen LogP contribution in [0.5, 0.6) is 0 Å². The summed E-state index contributed by atoms with van der Waals surface area (Å²) in [5.74, 6) is 0.865. The highest BCUT2D eigenvalue weighted by Gasteiger charge is 2.21. The van der Waals surface area contributed by atoms with Gasteiger partial charge in [0.1, 0.15) is 0 Å². The second kappa shape index (κ2) is 4.09. The molecule has 2 rings (SSSR count). The maximum atomic E-state index is 4.24. The van der Waals surface area contributed by atoms with Crippen LogP contribution in [0.15, 0.2) is 11.6 Å². The molecule has 0 spiro atoms. The fourth-order valence-corrected chi connectivity index (χ4v) is 2.69. The largest absolute Gasteiger partial charge is 0.359 e. The number of nitrogens with one attached hydrogen (secondary N) is 1. The third-order valence-corrected chi connectivity index (χ3v) is 3.59. The number of nitrogens with zero attached hydrogens (tertiary/aromatic N) is 1. The number of rotatable bonds is 3. The Morgan fingerprint density at radius 3 is 2.92 bits per heavy atom. The van der Waals surface area contributed by atoms with E-state index in [1.807, 2.05) is 11.6 Å². The van der Waals surface area contributed by atoms with E-state index in [2.05, 4.69) is 17.2 Å². The zero-order valence-corrected chi connectivity index (χ0v) is 8.81. The van der Waals surface area contributed by atoms with Crippen LogP contribution in [0, 0.1) is 5.92 Å². The molecule has 2 nitrogen and oxygen atoms in total. The molecule has 72 valence electrons. The molecule has 1 aliphatic rings. The quantitative estimate of drug-likeness (QED) is 0.803. The second-order valence-corrected chi connectivity index (χ2v) is 4.71. The van der Waals surface area contributed by atoms with E-state index < -0.39 is 0 Å². The van der Waals surface area contributed by atoms with Gasteiger partial charge in [0.25, 0.3) is 0 Å². The zero-order valence-electron chi connectivity index (χ0n) is 7.99. The van der Waals surface area contributed by atoms with Crippen molar-refractivity contribution in [2.45, 2.75) is 38.6 Å². The maximum Gasteiger partial charge on any atom is 0.182 e. The summed E-state index contributed by atoms with van der Waals surface area (Å²) < 4.78 is 0. The summed E-state index contributed by atoms with van der Waals surface area (Å²) in [5, 5.41) is 6.56. The van der Waals surface area contributed by atoms with E-state index >= 15 is 0 Å². The Bertz CT molecular complexity index is 239. The van der Waals surface area contributed by atoms with E-state index in [-0.39, 0.29) is 0 Å². The second-order valence-electron chi connectivity index (χ2n) is 3.81. The molecule has 0 radical (unpaired) electrons. The standard InChI is InChI=1S/C10H16N2S/c1-8(9-4-2-3-5-9)12-10-11-6-7-13-10/h6-9H,2-5H2,1H3,(H,11,12). The van der Waals surface area contributed by atoms with Gasteiger partial charge in [-0.1, -0.05) is 12.8 Å². The smallest absolute Gasteiger partial charge is 0.182 e. The molecule has 1 fully saturated rings. The van der Waals surface area contributed by atoms with Gasteiger partial charge in [-0.25, -0.2) is 4.98 Å². The Morgan fingerprint density at radius 1 is 1.54 bits per heavy atom. The summed E-state index contributed by atoms with van der Waals surface area (Å²) in [5.41, 5.74) is 0. The monoisotopic (exact) mass is 196 g/mol. The van der Waals surface area contributed by atoms with E-state index in [1.54, 1.807) is 11.3 Å². The fraction of sp³-hybridized carbons (Fsp3) is 0.700. The van der Waals surface area contributed by atoms with Crippen molar-refractivity contribution in [2.75, 3.05) is 5.32 Å². The molecule has 1 aromatic rings. The molecule has 1 aromatic heterocycles. The third kappa shape index (κ3) is 2.21. The van der Waals surface area contributed by atoms with Crippen molar-refractivity contribution in [3.63, 3.8) is 0 Å². The van der Waals surface area contributed by atoms with Crippen molar-refractivity contribution >= 4 is 16.5 Å². The molecule has 0 saturated heterocycles. The van der Waals surface area contributed by atoms with Gasteiger partial charge in [-0.2, -0.15) is 0 Å². The SMILES string of the molecule is CC(Nc1nccs1)C1CCCC1. The van der Waals surface area contributed by atoms with Crippen LogP contribution in [-0.2, 0) is 0 Å². The predicted molar refractivity (Wildman–Crippen MR) is 57.2 cm³/mol. The lowest BCUT2D eigenvalue weighted by Gasteiger charge is -2.19. The molecule has 1 unspecified atom stereocenters. The average molecular weight is 196 g/mol. The Kier molecular flexibility index (Phi) is 2.83. The molecule has 13 heavy (non-hydrogen) atoms. The van der Waals surface area contributed by atoms with Gasteiger partial charge >= 0.3 is 0 Å². The topological polar surface area (TPSA) is 24.9 Å². The summed E-state index contributed by atoms with van der Waals surface area (Å²) >= 11 is 1.69. The highest BCUT2D eigenvalue weighted by molar-refractivity contribution is 7.13. The maximum absolute atomic E-state index is 4.24. The number of hydrogen-bond donors (Lipinski definition) is 1. The number of aromatic nitrogens is 1. The fourth-order valence-electron chi connectivity index (χ4n) is 2.06. The molecular weight excluding hydrogens is 180 g/mol. The van der Waals surface area contributed by atoms with Crippen molar-refractivity contribution < 1.29 is 0 Å². The summed E-state index contributed by atoms with van der Waals surface area (Å²) in [6, 6.07) is 0.591. The first-order valence-corrected chi connectivity index (χ1v) is 5.90. The van der Waals surface area contributed by atoms with Gasteiger partial charge in [-0.15, -0.1) is 11.3 Å². The molecule has 1 N–H and O–H groups in total. The van der Waals surface area contributed by atoms with Crippen LogP contribution < -0.4 is 5.32 Å². The van der Waals surface area contributed by atoms with E-state index in [0.29, 0.717) is 6.04 Å². The van der Waals surface area contributed by atoms with Gasteiger partial charge < -0.3 is 5.32 Å². The van der Waals surface area contributed by atoms with Crippen LogP contribution in [0.4, 0.5) is 5.13 Å². The van der Waals surface area contributed by atoms with Gasteiger partial charge in [-0.3, -0.25) is 0 Å². The number of hydrogen-bond acceptors (Lipinski definition) is 3. The van der Waals surface area contributed by atoms with Crippen LogP contribution in [-0.4, -0.2) is 11.0 Å². The van der Waals surface area contributed by atoms with E-state index in [9.17, 15) is 0 Å². The minimum atomic E-state index is 0.591. The first kappa shape index (κ1) is 9.00. The molecule has 1 atom stereocenters. The van der Waals surface area contributed by atoms with Gasteiger partial charge in [0, 0.05) is 17.6 Å². The number of thiazole rings is 1. The van der Waals surface area contributed by atoms with Crippen molar-refractivity contribution in [3.8, 4) is 0 Å². The van der Waals surface area contributed by atoms with E-state index in [0.717, 1.165) is 11.0 Å². The van der Waals surface area contributed by atoms with Crippen molar-refractivity contribution in [1.29, 1.82) is 0 Å². The summed E-state index contributed by atoms with van der Waals surface area (Å²) in [6.45, 7) is 2.28. The van der Waals surface area contributed by atoms with Crippen LogP contribution in [0.1, 0.15) is 32.6 Å². The highest BCUT2D eigenvalue weighted by atomic mass is 32.1. The molecule has 0 aromatic carbocycles. The zero-order chi connectivity index (χ0) is 9.10. The lowest BCUT2D eigenvalue weighted by atomic mass is 10.0. The third-order valence-electron chi connectivity index (χ3n) is 2.89. The Balaban J connectivity index is 1.87. The van der Waals surface area contributed by atoms with Crippen LogP contribution >= 0.6 is 11.3 Å². The summed E-state index contributed by atoms with van der Waals surface area (Å²) in [7, 11) is 0. The molecule has 1 saturated carbocycles. The van der Waals surface area contributed by atoms with Gasteiger partial charge in [-0.05, 0) is 25.7 Å². The normalized spacial score (nSPS) is 20.4. The van der Waals surface area contributed by atoms with Gasteiger partial charge in [0.2, 0.25) is 0 Å². The van der Waals surface area contributed by atoms with Crippen molar-refractivity contribution in [3.05, 3.63) is 11.6 Å². The number of anilines is 1. The molecule has 1 heterocycles. The van der Waals surface area contributed by atoms with Crippen LogP contribution in [0.25, 0.3) is 0 Å². The minimum Gasteiger partial charge on any atom is -0.359 e. The van der Waals surface area contributed by atoms with Crippen LogP contribution in [0.2, 0.25) is 0 Å². The Hall–Kier alpha value is -0.570. The summed E-state index contributed by atoms with van der Waals surface area (Å²) in [4.78, 5) is 4.24. The van der Waals surface area contributed by atoms with Crippen molar-refractivity contribution in [1.82, 2.24) is 4.98 Å². The predicted octanol–water partition coefficient (Wildman–Crippen LogP) is 3.13. The lowest BCUT2D eigenvalue weighted by molar-refractivity contribution is 0.482. The molecule has 0 amide bonds. The van der Waals surface area contributed by atoms with Crippen molar-refractivity contribution in [2.24, 2.45) is 5.92 Å². The molecule has 0 aliphatic heterocycles. The minimum absolute atomic E-state index is 0.591. The molecule has 3 heteroatoms. The summed E-state index contributed by atoms with van der Waals surface area (Å²) in [6.07, 6.45) is 7.45. The van der Waals surface area contributed by atoms with E-state index in [1.165, 1.54) is 25.7 Å². The first-order valence-electron chi connectivity index (χ1n) is 5.02. The van der Waals surface area contributed by atoms with Gasteiger partial charge in [0.05, 0.1) is 0 Å². The first-order chi connectivity index (χ1) is 6.36. The lowest BCUT2D eigenvalue weighted by Crippen LogP contribution is -2.23. The van der Waals surface area contributed by atoms with Gasteiger partial charge in [0.15, 0.2) is 5.13 Å². The molecule has 1 aliphatic carbocycles.